The lowest BCUT2D eigenvalue weighted by Crippen LogP contribution is -3.00. The van der Waals surface area contributed by atoms with Gasteiger partial charge in [-0.05, 0) is 0 Å². The average Bonchev–Trinajstić information content (AvgIpc) is 2.14. The number of halogens is 4. The number of ether oxygens (including phenoxy) is 1. The van der Waals surface area contributed by atoms with Gasteiger partial charge in [0.2, 0.25) is 3.79 Å². The standard InChI is InChI=1S/C8H7Cl3NO2.ClH/c9-8(10,11)6-14-7(13)12-4-2-1-3-5-12;/h1-5H,6H2;1H/q+1;/p-1. The minimum absolute atomic E-state index is 0. The summed E-state index contributed by atoms with van der Waals surface area (Å²) in [5.41, 5.74) is 0. The van der Waals surface area contributed by atoms with Crippen molar-refractivity contribution in [2.75, 3.05) is 6.61 Å². The van der Waals surface area contributed by atoms with E-state index in [1.165, 1.54) is 4.57 Å². The molecule has 15 heavy (non-hydrogen) atoms. The molecular weight excluding hydrogens is 284 g/mol. The first-order valence-corrected chi connectivity index (χ1v) is 4.82. The molecular formula is C8H7Cl4NO2. The van der Waals surface area contributed by atoms with Crippen LogP contribution in [-0.2, 0) is 4.74 Å². The molecule has 3 nitrogen and oxygen atoms in total. The molecule has 0 bridgehead atoms. The lowest BCUT2D eigenvalue weighted by atomic mass is 10.5. The van der Waals surface area contributed by atoms with E-state index < -0.39 is 9.89 Å². The zero-order chi connectivity index (χ0) is 10.6. The average molecular weight is 291 g/mol. The molecule has 0 aliphatic carbocycles. The molecule has 0 aliphatic heterocycles. The second-order valence-corrected chi connectivity index (χ2v) is 4.97. The Balaban J connectivity index is 0.00000196. The van der Waals surface area contributed by atoms with Crippen LogP contribution in [0.2, 0.25) is 0 Å². The summed E-state index contributed by atoms with van der Waals surface area (Å²) in [5, 5.41) is 0. The second kappa shape index (κ2) is 6.38. The lowest BCUT2D eigenvalue weighted by molar-refractivity contribution is -0.586. The molecule has 1 heterocycles. The summed E-state index contributed by atoms with van der Waals surface area (Å²) < 4.78 is 4.39. The Labute approximate surface area is 108 Å². The van der Waals surface area contributed by atoms with Crippen molar-refractivity contribution in [3.05, 3.63) is 30.6 Å². The molecule has 84 valence electrons. The molecule has 0 N–H and O–H groups in total. The van der Waals surface area contributed by atoms with Gasteiger partial charge in [-0.2, -0.15) is 4.79 Å². The van der Waals surface area contributed by atoms with Gasteiger partial charge >= 0.3 is 6.09 Å². The summed E-state index contributed by atoms with van der Waals surface area (Å²) in [6.07, 6.45) is 2.50. The van der Waals surface area contributed by atoms with Crippen molar-refractivity contribution in [3.8, 4) is 0 Å². The first-order chi connectivity index (χ1) is 6.49. The van der Waals surface area contributed by atoms with Crippen LogP contribution in [0, 0.1) is 0 Å². The quantitative estimate of drug-likeness (QED) is 0.507. The number of carbonyl (C=O) groups excluding carboxylic acids is 1. The van der Waals surface area contributed by atoms with Crippen LogP contribution >= 0.6 is 34.8 Å². The fourth-order valence-electron chi connectivity index (χ4n) is 0.738. The molecule has 1 aromatic rings. The number of carbonyl (C=O) groups is 1. The fraction of sp³-hybridized carbons (Fsp3) is 0.250. The third-order valence-electron chi connectivity index (χ3n) is 1.29. The van der Waals surface area contributed by atoms with Gasteiger partial charge in [-0.3, -0.25) is 0 Å². The van der Waals surface area contributed by atoms with Gasteiger partial charge in [0.05, 0.1) is 0 Å². The van der Waals surface area contributed by atoms with E-state index in [1.54, 1.807) is 30.6 Å². The Kier molecular flexibility index (Phi) is 6.29. The van der Waals surface area contributed by atoms with Crippen LogP contribution < -0.4 is 17.0 Å². The molecule has 0 amide bonds. The van der Waals surface area contributed by atoms with Gasteiger partial charge in [0.25, 0.3) is 0 Å². The van der Waals surface area contributed by atoms with Gasteiger partial charge in [-0.1, -0.05) is 45.4 Å². The summed E-state index contributed by atoms with van der Waals surface area (Å²) in [6, 6.07) is 5.16. The fourth-order valence-corrected chi connectivity index (χ4v) is 0.902. The first kappa shape index (κ1) is 14.8. The molecule has 0 atom stereocenters. The van der Waals surface area contributed by atoms with Gasteiger partial charge in [-0.25, -0.2) is 0 Å². The molecule has 0 aliphatic rings. The van der Waals surface area contributed by atoms with E-state index in [4.69, 9.17) is 39.5 Å². The van der Waals surface area contributed by atoms with Crippen LogP contribution in [0.15, 0.2) is 30.6 Å². The van der Waals surface area contributed by atoms with Crippen molar-refractivity contribution < 1.29 is 26.5 Å². The predicted octanol–water partition coefficient (Wildman–Crippen LogP) is -0.667. The zero-order valence-electron chi connectivity index (χ0n) is 7.37. The smallest absolute Gasteiger partial charge is 0.602 e. The monoisotopic (exact) mass is 289 g/mol. The largest absolute Gasteiger partial charge is 1.00 e. The van der Waals surface area contributed by atoms with Crippen molar-refractivity contribution in [1.29, 1.82) is 0 Å². The summed E-state index contributed by atoms with van der Waals surface area (Å²) in [4.78, 5) is 11.3. The molecule has 0 radical (unpaired) electrons. The van der Waals surface area contributed by atoms with Crippen molar-refractivity contribution >= 4 is 40.9 Å². The Morgan fingerprint density at radius 1 is 1.20 bits per heavy atom. The molecule has 0 fully saturated rings. The lowest BCUT2D eigenvalue weighted by Gasteiger charge is -2.07. The van der Waals surface area contributed by atoms with E-state index in [0.717, 1.165) is 0 Å². The SMILES string of the molecule is O=C(OCC(Cl)(Cl)Cl)[n+]1ccccc1.[Cl-]. The van der Waals surface area contributed by atoms with Gasteiger partial charge < -0.3 is 17.1 Å². The Morgan fingerprint density at radius 3 is 2.20 bits per heavy atom. The van der Waals surface area contributed by atoms with E-state index in [1.807, 2.05) is 0 Å². The molecule has 1 rings (SSSR count). The van der Waals surface area contributed by atoms with Crippen molar-refractivity contribution in [2.45, 2.75) is 3.79 Å². The number of nitrogens with zero attached hydrogens (tertiary/aromatic N) is 1. The Bertz CT molecular complexity index is 312. The summed E-state index contributed by atoms with van der Waals surface area (Å²) >= 11 is 16.2. The normalized spacial score (nSPS) is 10.3. The van der Waals surface area contributed by atoms with Crippen LogP contribution in [0.5, 0.6) is 0 Å². The number of alkyl halides is 3. The molecule has 0 aromatic carbocycles. The van der Waals surface area contributed by atoms with Crippen LogP contribution in [0.4, 0.5) is 4.79 Å². The highest BCUT2D eigenvalue weighted by molar-refractivity contribution is 6.67. The van der Waals surface area contributed by atoms with Crippen molar-refractivity contribution in [1.82, 2.24) is 0 Å². The topological polar surface area (TPSA) is 30.2 Å². The third-order valence-corrected chi connectivity index (χ3v) is 1.61. The van der Waals surface area contributed by atoms with Gasteiger partial charge in [0, 0.05) is 12.1 Å². The maximum absolute atomic E-state index is 11.3. The van der Waals surface area contributed by atoms with E-state index in [0.29, 0.717) is 0 Å². The molecule has 0 unspecified atom stereocenters. The molecule has 0 saturated carbocycles. The number of rotatable bonds is 1. The third kappa shape index (κ3) is 6.05. The van der Waals surface area contributed by atoms with Crippen LogP contribution in [-0.4, -0.2) is 16.5 Å². The predicted molar refractivity (Wildman–Crippen MR) is 53.7 cm³/mol. The molecule has 0 saturated heterocycles. The highest BCUT2D eigenvalue weighted by Crippen LogP contribution is 2.25. The minimum atomic E-state index is -1.58. The molecule has 1 aromatic heterocycles. The Hall–Kier alpha value is -0.220. The maximum atomic E-state index is 11.3. The van der Waals surface area contributed by atoms with E-state index in [9.17, 15) is 4.79 Å². The zero-order valence-corrected chi connectivity index (χ0v) is 10.4. The second-order valence-electron chi connectivity index (χ2n) is 2.45. The molecule has 0 spiro atoms. The number of hydrogen-bond acceptors (Lipinski definition) is 2. The summed E-state index contributed by atoms with van der Waals surface area (Å²) in [6.45, 7) is -0.279. The highest BCUT2D eigenvalue weighted by Gasteiger charge is 2.25. The van der Waals surface area contributed by atoms with Crippen LogP contribution in [0.25, 0.3) is 0 Å². The summed E-state index contributed by atoms with van der Waals surface area (Å²) in [5.74, 6) is 0. The summed E-state index contributed by atoms with van der Waals surface area (Å²) in [7, 11) is 0. The highest BCUT2D eigenvalue weighted by atomic mass is 35.6. The van der Waals surface area contributed by atoms with Gasteiger partial charge in [0.1, 0.15) is 6.61 Å². The van der Waals surface area contributed by atoms with E-state index in [2.05, 4.69) is 0 Å². The number of pyridine rings is 1. The number of aromatic nitrogens is 1. The maximum Gasteiger partial charge on any atom is 0.602 e. The molecule has 7 heteroatoms. The van der Waals surface area contributed by atoms with Crippen LogP contribution in [0.3, 0.4) is 0 Å². The van der Waals surface area contributed by atoms with Crippen molar-refractivity contribution in [2.24, 2.45) is 0 Å². The van der Waals surface area contributed by atoms with Crippen molar-refractivity contribution in [3.63, 3.8) is 0 Å². The van der Waals surface area contributed by atoms with E-state index >= 15 is 0 Å². The van der Waals surface area contributed by atoms with Gasteiger partial charge in [0.15, 0.2) is 12.4 Å². The van der Waals surface area contributed by atoms with Gasteiger partial charge in [-0.15, -0.1) is 0 Å². The van der Waals surface area contributed by atoms with E-state index in [-0.39, 0.29) is 19.0 Å². The number of hydrogen-bond donors (Lipinski definition) is 0. The first-order valence-electron chi connectivity index (χ1n) is 3.69. The minimum Gasteiger partial charge on any atom is -1.00 e. The van der Waals surface area contributed by atoms with Crippen LogP contribution in [0.1, 0.15) is 0 Å². The Morgan fingerprint density at radius 2 is 1.73 bits per heavy atom.